The van der Waals surface area contributed by atoms with Gasteiger partial charge in [-0.15, -0.1) is 0 Å². The van der Waals surface area contributed by atoms with Crippen LogP contribution in [0, 0.1) is 0 Å². The van der Waals surface area contributed by atoms with E-state index in [0.29, 0.717) is 0 Å². The van der Waals surface area contributed by atoms with Crippen LogP contribution in [0.5, 0.6) is 0 Å². The maximum Gasteiger partial charge on any atom is 0.0229 e. The predicted octanol–water partition coefficient (Wildman–Crippen LogP) is 5.02. The summed E-state index contributed by atoms with van der Waals surface area (Å²) in [5.41, 5.74) is 0. The fourth-order valence-corrected chi connectivity index (χ4v) is 3.18. The highest BCUT2D eigenvalue weighted by Crippen LogP contribution is 2.27. The molecule has 13 heavy (non-hydrogen) atoms. The molecule has 0 unspecified atom stereocenters. The van der Waals surface area contributed by atoms with Gasteiger partial charge in [0.1, 0.15) is 0 Å². The molecule has 1 aliphatic carbocycles. The van der Waals surface area contributed by atoms with Crippen molar-refractivity contribution >= 4 is 21.6 Å². The minimum absolute atomic E-state index is 1.20. The van der Waals surface area contributed by atoms with Crippen LogP contribution in [0.2, 0.25) is 0 Å². The molecule has 1 heterocycles. The monoisotopic (exact) mass is 216 g/mol. The number of hydrogen-bond acceptors (Lipinski definition) is 2. The second-order valence-electron chi connectivity index (χ2n) is 3.58. The van der Waals surface area contributed by atoms with Crippen molar-refractivity contribution in [2.24, 2.45) is 0 Å². The highest BCUT2D eigenvalue weighted by atomic mass is 33.1. The van der Waals surface area contributed by atoms with E-state index in [1.165, 1.54) is 57.1 Å². The predicted molar refractivity (Wildman–Crippen MR) is 66.1 cm³/mol. The quantitative estimate of drug-likeness (QED) is 0.522. The molecule has 2 aliphatic rings. The molecule has 0 aromatic carbocycles. The van der Waals surface area contributed by atoms with E-state index in [1.54, 1.807) is 0 Å². The van der Waals surface area contributed by atoms with Crippen LogP contribution in [-0.4, -0.2) is 5.75 Å². The van der Waals surface area contributed by atoms with Crippen LogP contribution in [0.3, 0.4) is 0 Å². The summed E-state index contributed by atoms with van der Waals surface area (Å²) in [6.45, 7) is 0. The lowest BCUT2D eigenvalue weighted by atomic mass is 10.0. The Morgan fingerprint density at radius 2 is 1.15 bits per heavy atom. The van der Waals surface area contributed by atoms with Crippen LogP contribution in [0.4, 0.5) is 0 Å². The molecule has 0 spiro atoms. The third kappa shape index (κ3) is 7.51. The van der Waals surface area contributed by atoms with Gasteiger partial charge in [0.05, 0.1) is 0 Å². The summed E-state index contributed by atoms with van der Waals surface area (Å²) in [4.78, 5) is 0. The smallest absolute Gasteiger partial charge is 0.0229 e. The molecule has 0 nitrogen and oxygen atoms in total. The van der Waals surface area contributed by atoms with Crippen LogP contribution in [0.15, 0.2) is 11.5 Å². The van der Waals surface area contributed by atoms with Gasteiger partial charge in [-0.05, 0) is 5.41 Å². The Bertz CT molecular complexity index is 102. The third-order valence-electron chi connectivity index (χ3n) is 2.38. The molecule has 0 radical (unpaired) electrons. The molecular weight excluding hydrogens is 196 g/mol. The van der Waals surface area contributed by atoms with Crippen molar-refractivity contribution in [1.29, 1.82) is 0 Å². The Balaban J connectivity index is 0.000000145. The van der Waals surface area contributed by atoms with Crippen LogP contribution in [0.25, 0.3) is 0 Å². The van der Waals surface area contributed by atoms with E-state index in [0.717, 1.165) is 0 Å². The van der Waals surface area contributed by atoms with Crippen LogP contribution < -0.4 is 0 Å². The van der Waals surface area contributed by atoms with Crippen molar-refractivity contribution in [2.45, 2.75) is 51.4 Å². The molecule has 0 aromatic heterocycles. The molecule has 0 amide bonds. The Labute approximate surface area is 90.3 Å². The van der Waals surface area contributed by atoms with Gasteiger partial charge in [-0.3, -0.25) is 0 Å². The number of hydrogen-bond donors (Lipinski definition) is 0. The van der Waals surface area contributed by atoms with Gasteiger partial charge in [-0.25, -0.2) is 0 Å². The molecule has 0 aromatic rings. The molecule has 0 N–H and O–H groups in total. The molecule has 76 valence electrons. The SMILES string of the molecule is C1=CSSC1.C1CCCCCCC1. The fraction of sp³-hybridized carbons (Fsp3) is 0.818. The average Bonchev–Trinajstić information content (AvgIpc) is 2.58. The Morgan fingerprint density at radius 3 is 1.31 bits per heavy atom. The van der Waals surface area contributed by atoms with E-state index in [-0.39, 0.29) is 0 Å². The molecule has 1 fully saturated rings. The van der Waals surface area contributed by atoms with E-state index >= 15 is 0 Å². The minimum Gasteiger partial charge on any atom is -0.0854 e. The average molecular weight is 216 g/mol. The van der Waals surface area contributed by atoms with E-state index in [4.69, 9.17) is 0 Å². The van der Waals surface area contributed by atoms with Gasteiger partial charge >= 0.3 is 0 Å². The van der Waals surface area contributed by atoms with Gasteiger partial charge in [0, 0.05) is 5.75 Å². The highest BCUT2D eigenvalue weighted by molar-refractivity contribution is 8.78. The standard InChI is InChI=1S/C8H16.C3H4S2/c1-2-4-6-8-7-5-3-1;1-2-4-5-3-1/h1-8H2;1-2H,3H2. The summed E-state index contributed by atoms with van der Waals surface area (Å²) in [6, 6.07) is 0. The highest BCUT2D eigenvalue weighted by Gasteiger charge is 1.95. The summed E-state index contributed by atoms with van der Waals surface area (Å²) in [7, 11) is 3.69. The molecule has 1 saturated carbocycles. The zero-order valence-electron chi connectivity index (χ0n) is 8.34. The lowest BCUT2D eigenvalue weighted by molar-refractivity contribution is 0.504. The first-order valence-electron chi connectivity index (χ1n) is 5.43. The van der Waals surface area contributed by atoms with Crippen LogP contribution in [0.1, 0.15) is 51.4 Å². The van der Waals surface area contributed by atoms with Crippen molar-refractivity contribution in [3.8, 4) is 0 Å². The number of rotatable bonds is 0. The Kier molecular flexibility index (Phi) is 7.98. The topological polar surface area (TPSA) is 0 Å². The van der Waals surface area contributed by atoms with Gasteiger partial charge in [0.25, 0.3) is 0 Å². The summed E-state index contributed by atoms with van der Waals surface area (Å²) in [5, 5.41) is 2.12. The first-order valence-corrected chi connectivity index (χ1v) is 7.81. The van der Waals surface area contributed by atoms with Crippen molar-refractivity contribution in [3.05, 3.63) is 11.5 Å². The molecule has 2 heteroatoms. The van der Waals surface area contributed by atoms with Crippen LogP contribution >= 0.6 is 21.6 Å². The lowest BCUT2D eigenvalue weighted by Crippen LogP contribution is -1.85. The van der Waals surface area contributed by atoms with E-state index < -0.39 is 0 Å². The first kappa shape index (κ1) is 11.5. The van der Waals surface area contributed by atoms with Gasteiger partial charge in [-0.2, -0.15) is 0 Å². The minimum atomic E-state index is 1.20. The van der Waals surface area contributed by atoms with E-state index in [1.807, 2.05) is 21.6 Å². The molecule has 0 atom stereocenters. The van der Waals surface area contributed by atoms with Crippen molar-refractivity contribution in [2.75, 3.05) is 5.75 Å². The van der Waals surface area contributed by atoms with Crippen LogP contribution in [-0.2, 0) is 0 Å². The summed E-state index contributed by atoms with van der Waals surface area (Å²) < 4.78 is 0. The zero-order valence-corrected chi connectivity index (χ0v) is 9.97. The maximum absolute atomic E-state index is 2.16. The summed E-state index contributed by atoms with van der Waals surface area (Å²) in [6.07, 6.45) is 14.2. The lowest BCUT2D eigenvalue weighted by Gasteiger charge is -2.05. The molecule has 1 aliphatic heterocycles. The van der Waals surface area contributed by atoms with Crippen molar-refractivity contribution in [1.82, 2.24) is 0 Å². The second-order valence-corrected chi connectivity index (χ2v) is 5.90. The largest absolute Gasteiger partial charge is 0.0854 e. The summed E-state index contributed by atoms with van der Waals surface area (Å²) >= 11 is 0. The Hall–Kier alpha value is 0.440. The first-order chi connectivity index (χ1) is 6.50. The van der Waals surface area contributed by atoms with E-state index in [2.05, 4.69) is 11.5 Å². The molecular formula is C11H20S2. The fourth-order valence-electron chi connectivity index (χ4n) is 1.61. The third-order valence-corrected chi connectivity index (χ3v) is 4.30. The van der Waals surface area contributed by atoms with Gasteiger partial charge in [0.2, 0.25) is 0 Å². The normalized spacial score (nSPS) is 22.8. The molecule has 0 bridgehead atoms. The van der Waals surface area contributed by atoms with Crippen molar-refractivity contribution in [3.63, 3.8) is 0 Å². The van der Waals surface area contributed by atoms with Crippen molar-refractivity contribution < 1.29 is 0 Å². The molecule has 2 rings (SSSR count). The summed E-state index contributed by atoms with van der Waals surface area (Å²) in [5.74, 6) is 1.20. The van der Waals surface area contributed by atoms with Gasteiger partial charge < -0.3 is 0 Å². The van der Waals surface area contributed by atoms with E-state index in [9.17, 15) is 0 Å². The second kappa shape index (κ2) is 9.01. The zero-order chi connectivity index (χ0) is 9.19. The maximum atomic E-state index is 2.16. The molecule has 0 saturated heterocycles. The van der Waals surface area contributed by atoms with Gasteiger partial charge in [0.15, 0.2) is 0 Å². The Morgan fingerprint density at radius 1 is 0.692 bits per heavy atom. The van der Waals surface area contributed by atoms with Gasteiger partial charge in [-0.1, -0.05) is 79.0 Å².